The summed E-state index contributed by atoms with van der Waals surface area (Å²) in [4.78, 5) is 10.4. The van der Waals surface area contributed by atoms with Crippen molar-refractivity contribution in [2.75, 3.05) is 0 Å². The molecule has 1 rings (SSSR count). The summed E-state index contributed by atoms with van der Waals surface area (Å²) in [5, 5.41) is 9.20. The minimum absolute atomic E-state index is 0.0290. The van der Waals surface area contributed by atoms with Crippen molar-refractivity contribution in [2.45, 2.75) is 20.0 Å². The Bertz CT molecular complexity index is 305. The van der Waals surface area contributed by atoms with Gasteiger partial charge in [0.2, 0.25) is 0 Å². The molecule has 1 N–H and O–H groups in total. The minimum Gasteiger partial charge on any atom is -0.508 e. The lowest BCUT2D eigenvalue weighted by atomic mass is 10.2. The van der Waals surface area contributed by atoms with Gasteiger partial charge in [0.05, 0.1) is 6.10 Å². The molecule has 3 nitrogen and oxygen atoms in total. The molecule has 70 valence electrons. The van der Waals surface area contributed by atoms with Crippen molar-refractivity contribution in [3.63, 3.8) is 0 Å². The lowest BCUT2D eigenvalue weighted by Gasteiger charge is -2.09. The normalized spacial score (nSPS) is 10.1. The highest BCUT2D eigenvalue weighted by Gasteiger charge is 2.01. The zero-order valence-corrected chi connectivity index (χ0v) is 7.65. The standard InChI is InChI=1S/C10H12O3/c1-7(2)13-10-4-8(6-11)3-9(12)5-10/h3-7,12H,1-2H3. The summed E-state index contributed by atoms with van der Waals surface area (Å²) < 4.78 is 5.32. The predicted octanol–water partition coefficient (Wildman–Crippen LogP) is 1.99. The Hall–Kier alpha value is -1.51. The van der Waals surface area contributed by atoms with E-state index >= 15 is 0 Å². The number of aldehydes is 1. The molecule has 0 amide bonds. The topological polar surface area (TPSA) is 46.5 Å². The monoisotopic (exact) mass is 180 g/mol. The molecule has 0 fully saturated rings. The maximum Gasteiger partial charge on any atom is 0.150 e. The van der Waals surface area contributed by atoms with Crippen molar-refractivity contribution in [1.82, 2.24) is 0 Å². The van der Waals surface area contributed by atoms with Crippen LogP contribution in [-0.2, 0) is 0 Å². The number of ether oxygens (including phenoxy) is 1. The molecule has 1 aromatic rings. The van der Waals surface area contributed by atoms with Crippen molar-refractivity contribution >= 4 is 6.29 Å². The summed E-state index contributed by atoms with van der Waals surface area (Å²) in [7, 11) is 0. The maximum absolute atomic E-state index is 10.4. The van der Waals surface area contributed by atoms with Crippen LogP contribution in [0, 0.1) is 0 Å². The molecule has 0 bridgehead atoms. The van der Waals surface area contributed by atoms with Gasteiger partial charge in [-0.3, -0.25) is 4.79 Å². The van der Waals surface area contributed by atoms with Crippen LogP contribution < -0.4 is 4.74 Å². The van der Waals surface area contributed by atoms with Crippen molar-refractivity contribution in [3.8, 4) is 11.5 Å². The summed E-state index contributed by atoms with van der Waals surface area (Å²) in [6, 6.07) is 4.46. The molecule has 13 heavy (non-hydrogen) atoms. The Morgan fingerprint density at radius 1 is 1.38 bits per heavy atom. The highest BCUT2D eigenvalue weighted by Crippen LogP contribution is 2.21. The quantitative estimate of drug-likeness (QED) is 0.723. The van der Waals surface area contributed by atoms with E-state index in [0.29, 0.717) is 17.6 Å². The van der Waals surface area contributed by atoms with Gasteiger partial charge in [-0.05, 0) is 26.0 Å². The highest BCUT2D eigenvalue weighted by molar-refractivity contribution is 5.76. The third-order valence-corrected chi connectivity index (χ3v) is 1.42. The molecule has 0 aliphatic heterocycles. The zero-order chi connectivity index (χ0) is 9.84. The van der Waals surface area contributed by atoms with Gasteiger partial charge >= 0.3 is 0 Å². The van der Waals surface area contributed by atoms with Crippen molar-refractivity contribution in [1.29, 1.82) is 0 Å². The average Bonchev–Trinajstić information content (AvgIpc) is 2.01. The highest BCUT2D eigenvalue weighted by atomic mass is 16.5. The summed E-state index contributed by atoms with van der Waals surface area (Å²) in [5.41, 5.74) is 0.413. The van der Waals surface area contributed by atoms with E-state index in [1.54, 1.807) is 6.07 Å². The Balaban J connectivity index is 2.94. The summed E-state index contributed by atoms with van der Waals surface area (Å²) >= 11 is 0. The molecule has 0 aromatic heterocycles. The number of hydrogen-bond donors (Lipinski definition) is 1. The van der Waals surface area contributed by atoms with Gasteiger partial charge < -0.3 is 9.84 Å². The maximum atomic E-state index is 10.4. The van der Waals surface area contributed by atoms with E-state index in [1.807, 2.05) is 13.8 Å². The molecule has 0 saturated heterocycles. The Kier molecular flexibility index (Phi) is 2.90. The molecule has 3 heteroatoms. The number of carbonyl (C=O) groups excluding carboxylic acids is 1. The Morgan fingerprint density at radius 2 is 2.08 bits per heavy atom. The molecule has 0 radical (unpaired) electrons. The number of phenols is 1. The zero-order valence-electron chi connectivity index (χ0n) is 7.65. The summed E-state index contributed by atoms with van der Waals surface area (Å²) in [5.74, 6) is 0.553. The van der Waals surface area contributed by atoms with Crippen molar-refractivity contribution < 1.29 is 14.6 Å². The van der Waals surface area contributed by atoms with Crippen molar-refractivity contribution in [2.24, 2.45) is 0 Å². The number of carbonyl (C=O) groups is 1. The largest absolute Gasteiger partial charge is 0.508 e. The first-order valence-electron chi connectivity index (χ1n) is 4.07. The van der Waals surface area contributed by atoms with Gasteiger partial charge in [0.1, 0.15) is 17.8 Å². The van der Waals surface area contributed by atoms with Crippen LogP contribution in [0.25, 0.3) is 0 Å². The summed E-state index contributed by atoms with van der Waals surface area (Å²) in [6.45, 7) is 3.76. The fourth-order valence-corrected chi connectivity index (χ4v) is 1.01. The Labute approximate surface area is 77.0 Å². The third-order valence-electron chi connectivity index (χ3n) is 1.42. The van der Waals surface area contributed by atoms with Gasteiger partial charge in [0.25, 0.3) is 0 Å². The van der Waals surface area contributed by atoms with Crippen LogP contribution in [0.3, 0.4) is 0 Å². The first-order valence-corrected chi connectivity index (χ1v) is 4.07. The van der Waals surface area contributed by atoms with Crippen LogP contribution >= 0.6 is 0 Å². The van der Waals surface area contributed by atoms with Gasteiger partial charge in [-0.2, -0.15) is 0 Å². The fourth-order valence-electron chi connectivity index (χ4n) is 1.01. The number of benzene rings is 1. The minimum atomic E-state index is 0.0290. The van der Waals surface area contributed by atoms with E-state index in [1.165, 1.54) is 12.1 Å². The van der Waals surface area contributed by atoms with E-state index in [4.69, 9.17) is 4.74 Å². The van der Waals surface area contributed by atoms with Crippen LogP contribution in [-0.4, -0.2) is 17.5 Å². The number of aromatic hydroxyl groups is 1. The molecule has 0 spiro atoms. The van der Waals surface area contributed by atoms with E-state index in [9.17, 15) is 9.90 Å². The van der Waals surface area contributed by atoms with Gasteiger partial charge in [-0.25, -0.2) is 0 Å². The second-order valence-corrected chi connectivity index (χ2v) is 3.04. The molecular formula is C10H12O3. The fraction of sp³-hybridized carbons (Fsp3) is 0.300. The Morgan fingerprint density at radius 3 is 2.62 bits per heavy atom. The molecule has 1 aromatic carbocycles. The van der Waals surface area contributed by atoms with E-state index in [2.05, 4.69) is 0 Å². The molecule has 0 heterocycles. The number of rotatable bonds is 3. The summed E-state index contributed by atoms with van der Waals surface area (Å²) in [6.07, 6.45) is 0.703. The number of phenolic OH excluding ortho intramolecular Hbond substituents is 1. The molecule has 0 unspecified atom stereocenters. The predicted molar refractivity (Wildman–Crippen MR) is 49.3 cm³/mol. The lowest BCUT2D eigenvalue weighted by molar-refractivity contribution is 0.112. The van der Waals surface area contributed by atoms with Gasteiger partial charge in [0.15, 0.2) is 0 Å². The molecule has 0 atom stereocenters. The van der Waals surface area contributed by atoms with E-state index in [-0.39, 0.29) is 11.9 Å². The SMILES string of the molecule is CC(C)Oc1cc(O)cc(C=O)c1. The van der Waals surface area contributed by atoms with Crippen LogP contribution in [0.5, 0.6) is 11.5 Å². The lowest BCUT2D eigenvalue weighted by Crippen LogP contribution is -2.05. The van der Waals surface area contributed by atoms with Gasteiger partial charge in [-0.15, -0.1) is 0 Å². The van der Waals surface area contributed by atoms with Crippen molar-refractivity contribution in [3.05, 3.63) is 23.8 Å². The van der Waals surface area contributed by atoms with Crippen LogP contribution in [0.15, 0.2) is 18.2 Å². The van der Waals surface area contributed by atoms with Crippen LogP contribution in [0.1, 0.15) is 24.2 Å². The van der Waals surface area contributed by atoms with Crippen LogP contribution in [0.4, 0.5) is 0 Å². The second kappa shape index (κ2) is 3.94. The third kappa shape index (κ3) is 2.78. The van der Waals surface area contributed by atoms with Crippen LogP contribution in [0.2, 0.25) is 0 Å². The first-order chi connectivity index (χ1) is 6.11. The average molecular weight is 180 g/mol. The van der Waals surface area contributed by atoms with Gasteiger partial charge in [0, 0.05) is 11.6 Å². The molecule has 0 aliphatic rings. The molecular weight excluding hydrogens is 168 g/mol. The smallest absolute Gasteiger partial charge is 0.150 e. The van der Waals surface area contributed by atoms with Gasteiger partial charge in [-0.1, -0.05) is 0 Å². The molecule has 0 saturated carbocycles. The second-order valence-electron chi connectivity index (χ2n) is 3.04. The number of hydrogen-bond acceptors (Lipinski definition) is 3. The van der Waals surface area contributed by atoms with E-state index < -0.39 is 0 Å². The first kappa shape index (κ1) is 9.58. The molecule has 0 aliphatic carbocycles. The van der Waals surface area contributed by atoms with E-state index in [0.717, 1.165) is 0 Å².